The SMILES string of the molecule is COc1ccc2c(N3CCC(CCO)CC3)ncnc2c1. The van der Waals surface area contributed by atoms with Crippen LogP contribution in [0.5, 0.6) is 5.75 Å². The third kappa shape index (κ3) is 2.93. The van der Waals surface area contributed by atoms with E-state index in [1.165, 1.54) is 0 Å². The van der Waals surface area contributed by atoms with E-state index in [9.17, 15) is 0 Å². The molecule has 1 aromatic heterocycles. The average Bonchev–Trinajstić information content (AvgIpc) is 2.55. The fraction of sp³-hybridized carbons (Fsp3) is 0.500. The predicted molar refractivity (Wildman–Crippen MR) is 82.7 cm³/mol. The Morgan fingerprint density at radius 2 is 2.10 bits per heavy atom. The summed E-state index contributed by atoms with van der Waals surface area (Å²) in [5.74, 6) is 2.46. The molecule has 5 nitrogen and oxygen atoms in total. The summed E-state index contributed by atoms with van der Waals surface area (Å²) in [6, 6.07) is 5.93. The molecule has 0 saturated carbocycles. The van der Waals surface area contributed by atoms with Gasteiger partial charge in [-0.05, 0) is 37.3 Å². The topological polar surface area (TPSA) is 58.5 Å². The summed E-state index contributed by atoms with van der Waals surface area (Å²) in [6.07, 6.45) is 4.76. The lowest BCUT2D eigenvalue weighted by molar-refractivity contribution is 0.240. The first kappa shape index (κ1) is 14.1. The summed E-state index contributed by atoms with van der Waals surface area (Å²) in [5, 5.41) is 10.1. The first-order valence-corrected chi connectivity index (χ1v) is 7.46. The number of ether oxygens (including phenoxy) is 1. The molecular formula is C16H21N3O2. The van der Waals surface area contributed by atoms with Crippen LogP contribution < -0.4 is 9.64 Å². The van der Waals surface area contributed by atoms with Gasteiger partial charge >= 0.3 is 0 Å². The van der Waals surface area contributed by atoms with Gasteiger partial charge in [0.25, 0.3) is 0 Å². The second-order valence-electron chi connectivity index (χ2n) is 5.52. The minimum atomic E-state index is 0.293. The largest absolute Gasteiger partial charge is 0.497 e. The van der Waals surface area contributed by atoms with Crippen LogP contribution in [0.15, 0.2) is 24.5 Å². The highest BCUT2D eigenvalue weighted by Crippen LogP contribution is 2.29. The van der Waals surface area contributed by atoms with Crippen molar-refractivity contribution in [2.45, 2.75) is 19.3 Å². The van der Waals surface area contributed by atoms with Crippen molar-refractivity contribution in [3.8, 4) is 5.75 Å². The second-order valence-corrected chi connectivity index (χ2v) is 5.52. The number of aliphatic hydroxyl groups excluding tert-OH is 1. The molecule has 5 heteroatoms. The van der Waals surface area contributed by atoms with Crippen LogP contribution >= 0.6 is 0 Å². The van der Waals surface area contributed by atoms with E-state index in [0.29, 0.717) is 12.5 Å². The van der Waals surface area contributed by atoms with Crippen LogP contribution in [-0.4, -0.2) is 41.9 Å². The molecule has 1 N–H and O–H groups in total. The number of aliphatic hydroxyl groups is 1. The second kappa shape index (κ2) is 6.26. The first-order valence-electron chi connectivity index (χ1n) is 7.46. The number of hydrogen-bond donors (Lipinski definition) is 1. The lowest BCUT2D eigenvalue weighted by Crippen LogP contribution is -2.34. The molecule has 1 saturated heterocycles. The van der Waals surface area contributed by atoms with Gasteiger partial charge in [0.1, 0.15) is 17.9 Å². The molecule has 0 spiro atoms. The summed E-state index contributed by atoms with van der Waals surface area (Å²) in [4.78, 5) is 11.1. The Morgan fingerprint density at radius 3 is 2.81 bits per heavy atom. The van der Waals surface area contributed by atoms with Crippen molar-refractivity contribution in [2.24, 2.45) is 5.92 Å². The zero-order chi connectivity index (χ0) is 14.7. The summed E-state index contributed by atoms with van der Waals surface area (Å²) < 4.78 is 5.25. The maximum absolute atomic E-state index is 9.05. The van der Waals surface area contributed by atoms with Gasteiger partial charge in [0.2, 0.25) is 0 Å². The van der Waals surface area contributed by atoms with E-state index in [2.05, 4.69) is 14.9 Å². The Labute approximate surface area is 124 Å². The third-order valence-corrected chi connectivity index (χ3v) is 4.27. The van der Waals surface area contributed by atoms with Crippen molar-refractivity contribution in [1.82, 2.24) is 9.97 Å². The highest BCUT2D eigenvalue weighted by atomic mass is 16.5. The van der Waals surface area contributed by atoms with E-state index in [1.807, 2.05) is 18.2 Å². The van der Waals surface area contributed by atoms with E-state index in [-0.39, 0.29) is 0 Å². The van der Waals surface area contributed by atoms with Crippen molar-refractivity contribution in [3.05, 3.63) is 24.5 Å². The van der Waals surface area contributed by atoms with Crippen LogP contribution in [0.3, 0.4) is 0 Å². The lowest BCUT2D eigenvalue weighted by atomic mass is 9.94. The Bertz CT molecular complexity index is 609. The van der Waals surface area contributed by atoms with Gasteiger partial charge in [-0.3, -0.25) is 0 Å². The molecule has 0 atom stereocenters. The smallest absolute Gasteiger partial charge is 0.139 e. The number of nitrogens with zero attached hydrogens (tertiary/aromatic N) is 3. The number of piperidine rings is 1. The molecule has 2 heterocycles. The highest BCUT2D eigenvalue weighted by Gasteiger charge is 2.21. The molecule has 1 aromatic carbocycles. The molecule has 2 aromatic rings. The molecule has 1 aliphatic heterocycles. The number of benzene rings is 1. The van der Waals surface area contributed by atoms with E-state index in [4.69, 9.17) is 9.84 Å². The maximum Gasteiger partial charge on any atom is 0.139 e. The van der Waals surface area contributed by atoms with Crippen molar-refractivity contribution >= 4 is 16.7 Å². The quantitative estimate of drug-likeness (QED) is 0.934. The lowest BCUT2D eigenvalue weighted by Gasteiger charge is -2.33. The zero-order valence-corrected chi connectivity index (χ0v) is 12.3. The van der Waals surface area contributed by atoms with Gasteiger partial charge in [-0.2, -0.15) is 0 Å². The minimum absolute atomic E-state index is 0.293. The number of methoxy groups -OCH3 is 1. The van der Waals surface area contributed by atoms with Crippen molar-refractivity contribution in [3.63, 3.8) is 0 Å². The summed E-state index contributed by atoms with van der Waals surface area (Å²) >= 11 is 0. The van der Waals surface area contributed by atoms with Gasteiger partial charge in [-0.25, -0.2) is 9.97 Å². The van der Waals surface area contributed by atoms with Crippen LogP contribution in [0.1, 0.15) is 19.3 Å². The number of aromatic nitrogens is 2. The van der Waals surface area contributed by atoms with Gasteiger partial charge in [0.15, 0.2) is 0 Å². The van der Waals surface area contributed by atoms with Crippen molar-refractivity contribution in [1.29, 1.82) is 0 Å². The van der Waals surface area contributed by atoms with Gasteiger partial charge < -0.3 is 14.7 Å². The minimum Gasteiger partial charge on any atom is -0.497 e. The van der Waals surface area contributed by atoms with Crippen LogP contribution in [-0.2, 0) is 0 Å². The van der Waals surface area contributed by atoms with Crippen LogP contribution in [0.25, 0.3) is 10.9 Å². The Balaban J connectivity index is 1.84. The van der Waals surface area contributed by atoms with Crippen molar-refractivity contribution < 1.29 is 9.84 Å². The summed E-state index contributed by atoms with van der Waals surface area (Å²) in [7, 11) is 1.66. The normalized spacial score (nSPS) is 16.4. The standard InChI is InChI=1S/C16H21N3O2/c1-21-13-2-3-14-15(10-13)17-11-18-16(14)19-7-4-12(5-8-19)6-9-20/h2-3,10-12,20H,4-9H2,1H3. The number of hydrogen-bond acceptors (Lipinski definition) is 5. The van der Waals surface area contributed by atoms with Crippen LogP contribution in [0.4, 0.5) is 5.82 Å². The zero-order valence-electron chi connectivity index (χ0n) is 12.3. The van der Waals surface area contributed by atoms with E-state index < -0.39 is 0 Å². The Morgan fingerprint density at radius 1 is 1.29 bits per heavy atom. The Kier molecular flexibility index (Phi) is 4.20. The molecule has 0 amide bonds. The van der Waals surface area contributed by atoms with Gasteiger partial charge in [0, 0.05) is 31.1 Å². The van der Waals surface area contributed by atoms with E-state index >= 15 is 0 Å². The summed E-state index contributed by atoms with van der Waals surface area (Å²) in [6.45, 7) is 2.27. The van der Waals surface area contributed by atoms with Crippen LogP contribution in [0, 0.1) is 5.92 Å². The molecule has 112 valence electrons. The predicted octanol–water partition coefficient (Wildman–Crippen LogP) is 2.24. The molecule has 0 unspecified atom stereocenters. The van der Waals surface area contributed by atoms with Gasteiger partial charge in [-0.15, -0.1) is 0 Å². The monoisotopic (exact) mass is 287 g/mol. The first-order chi connectivity index (χ1) is 10.3. The molecule has 21 heavy (non-hydrogen) atoms. The fourth-order valence-electron chi connectivity index (χ4n) is 3.02. The number of fused-ring (bicyclic) bond motifs is 1. The summed E-state index contributed by atoms with van der Waals surface area (Å²) in [5.41, 5.74) is 0.914. The van der Waals surface area contributed by atoms with Crippen molar-refractivity contribution in [2.75, 3.05) is 31.7 Å². The van der Waals surface area contributed by atoms with Gasteiger partial charge in [-0.1, -0.05) is 0 Å². The molecule has 3 rings (SSSR count). The molecule has 0 aliphatic carbocycles. The van der Waals surface area contributed by atoms with Gasteiger partial charge in [0.05, 0.1) is 12.6 Å². The van der Waals surface area contributed by atoms with E-state index in [1.54, 1.807) is 13.4 Å². The average molecular weight is 287 g/mol. The molecular weight excluding hydrogens is 266 g/mol. The number of rotatable bonds is 4. The third-order valence-electron chi connectivity index (χ3n) is 4.27. The maximum atomic E-state index is 9.05. The van der Waals surface area contributed by atoms with E-state index in [0.717, 1.165) is 54.8 Å². The molecule has 1 fully saturated rings. The number of anilines is 1. The fourth-order valence-corrected chi connectivity index (χ4v) is 3.02. The molecule has 1 aliphatic rings. The Hall–Kier alpha value is -1.88. The molecule has 0 radical (unpaired) electrons. The molecule has 0 bridgehead atoms. The highest BCUT2D eigenvalue weighted by molar-refractivity contribution is 5.90. The van der Waals surface area contributed by atoms with Crippen LogP contribution in [0.2, 0.25) is 0 Å².